The molecule has 116 valence electrons. The molecule has 0 spiro atoms. The van der Waals surface area contributed by atoms with E-state index in [1.165, 1.54) is 10.9 Å². The van der Waals surface area contributed by atoms with Crippen LogP contribution in [0.25, 0.3) is 10.9 Å². The van der Waals surface area contributed by atoms with Crippen LogP contribution in [0.1, 0.15) is 20.8 Å². The van der Waals surface area contributed by atoms with Crippen LogP contribution in [0.15, 0.2) is 30.5 Å². The zero-order valence-corrected chi connectivity index (χ0v) is 15.1. The summed E-state index contributed by atoms with van der Waals surface area (Å²) in [5.41, 5.74) is 1.23. The minimum Gasteiger partial charge on any atom is -0.497 e. The highest BCUT2D eigenvalue weighted by molar-refractivity contribution is 6.74. The first-order chi connectivity index (χ1) is 9.74. The van der Waals surface area contributed by atoms with Gasteiger partial charge in [-0.3, -0.25) is 0 Å². The SMILES string of the molecule is COc1ccc2c(ccn2CCO[Si](C)(C)C(C)(C)C)c1. The highest BCUT2D eigenvalue weighted by Crippen LogP contribution is 2.36. The molecule has 0 aliphatic rings. The van der Waals surface area contributed by atoms with Gasteiger partial charge < -0.3 is 13.7 Å². The molecule has 0 unspecified atom stereocenters. The molecule has 0 N–H and O–H groups in total. The molecule has 0 radical (unpaired) electrons. The molecule has 4 heteroatoms. The van der Waals surface area contributed by atoms with Crippen molar-refractivity contribution < 1.29 is 9.16 Å². The van der Waals surface area contributed by atoms with Crippen molar-refractivity contribution >= 4 is 19.2 Å². The van der Waals surface area contributed by atoms with Gasteiger partial charge in [0.15, 0.2) is 8.32 Å². The second-order valence-corrected chi connectivity index (χ2v) is 11.9. The topological polar surface area (TPSA) is 23.4 Å². The fraction of sp³-hybridized carbons (Fsp3) is 0.529. The van der Waals surface area contributed by atoms with Gasteiger partial charge in [-0.1, -0.05) is 20.8 Å². The third-order valence-corrected chi connectivity index (χ3v) is 9.12. The van der Waals surface area contributed by atoms with Gasteiger partial charge in [-0.25, -0.2) is 0 Å². The molecular weight excluding hydrogens is 278 g/mol. The molecule has 0 fully saturated rings. The van der Waals surface area contributed by atoms with E-state index < -0.39 is 8.32 Å². The summed E-state index contributed by atoms with van der Waals surface area (Å²) < 4.78 is 13.8. The maximum atomic E-state index is 6.25. The van der Waals surface area contributed by atoms with Crippen LogP contribution in [-0.2, 0) is 11.0 Å². The van der Waals surface area contributed by atoms with Crippen molar-refractivity contribution in [1.82, 2.24) is 4.57 Å². The number of aromatic nitrogens is 1. The van der Waals surface area contributed by atoms with Crippen molar-refractivity contribution in [3.63, 3.8) is 0 Å². The summed E-state index contributed by atoms with van der Waals surface area (Å²) in [5.74, 6) is 0.901. The number of rotatable bonds is 5. The fourth-order valence-electron chi connectivity index (χ4n) is 2.12. The summed E-state index contributed by atoms with van der Waals surface area (Å²) in [6.45, 7) is 13.1. The molecule has 0 aliphatic heterocycles. The Labute approximate surface area is 129 Å². The number of methoxy groups -OCH3 is 1. The van der Waals surface area contributed by atoms with Crippen LogP contribution in [0.5, 0.6) is 5.75 Å². The van der Waals surface area contributed by atoms with Crippen LogP contribution in [0, 0.1) is 0 Å². The summed E-state index contributed by atoms with van der Waals surface area (Å²) >= 11 is 0. The number of hydrogen-bond donors (Lipinski definition) is 0. The van der Waals surface area contributed by atoms with Crippen molar-refractivity contribution in [2.45, 2.75) is 45.4 Å². The highest BCUT2D eigenvalue weighted by Gasteiger charge is 2.36. The third-order valence-electron chi connectivity index (χ3n) is 4.58. The Morgan fingerprint density at radius 2 is 1.86 bits per heavy atom. The second-order valence-electron chi connectivity index (χ2n) is 7.04. The standard InChI is InChI=1S/C17H27NO2Si/c1-17(2,3)21(5,6)20-12-11-18-10-9-14-13-15(19-4)7-8-16(14)18/h7-10,13H,11-12H2,1-6H3. The summed E-state index contributed by atoms with van der Waals surface area (Å²) in [7, 11) is 0.0457. The Kier molecular flexibility index (Phi) is 4.49. The van der Waals surface area contributed by atoms with Gasteiger partial charge in [0.2, 0.25) is 0 Å². The summed E-state index contributed by atoms with van der Waals surface area (Å²) in [4.78, 5) is 0. The maximum absolute atomic E-state index is 6.25. The third kappa shape index (κ3) is 3.50. The second kappa shape index (κ2) is 5.85. The molecule has 1 aromatic heterocycles. The van der Waals surface area contributed by atoms with Crippen LogP contribution in [-0.4, -0.2) is 26.6 Å². The van der Waals surface area contributed by atoms with Gasteiger partial charge in [0.25, 0.3) is 0 Å². The Morgan fingerprint density at radius 3 is 2.48 bits per heavy atom. The van der Waals surface area contributed by atoms with E-state index in [-0.39, 0.29) is 5.04 Å². The maximum Gasteiger partial charge on any atom is 0.192 e. The van der Waals surface area contributed by atoms with E-state index in [4.69, 9.17) is 9.16 Å². The van der Waals surface area contributed by atoms with Crippen molar-refractivity contribution in [2.75, 3.05) is 13.7 Å². The average molecular weight is 305 g/mol. The zero-order valence-electron chi connectivity index (χ0n) is 14.1. The van der Waals surface area contributed by atoms with Crippen LogP contribution in [0.2, 0.25) is 18.1 Å². The van der Waals surface area contributed by atoms with E-state index in [0.29, 0.717) is 0 Å². The smallest absolute Gasteiger partial charge is 0.192 e. The molecule has 2 aromatic rings. The molecule has 0 bridgehead atoms. The summed E-state index contributed by atoms with van der Waals surface area (Å²) in [6, 6.07) is 8.32. The van der Waals surface area contributed by atoms with E-state index in [2.05, 4.69) is 62.8 Å². The molecule has 1 aromatic carbocycles. The molecule has 0 saturated heterocycles. The fourth-order valence-corrected chi connectivity index (χ4v) is 3.15. The quantitative estimate of drug-likeness (QED) is 0.749. The molecular formula is C17H27NO2Si. The van der Waals surface area contributed by atoms with Crippen molar-refractivity contribution in [1.29, 1.82) is 0 Å². The lowest BCUT2D eigenvalue weighted by Gasteiger charge is -2.36. The predicted octanol–water partition coefficient (Wildman–Crippen LogP) is 4.67. The Morgan fingerprint density at radius 1 is 1.14 bits per heavy atom. The van der Waals surface area contributed by atoms with Gasteiger partial charge in [0, 0.05) is 23.6 Å². The lowest BCUT2D eigenvalue weighted by atomic mass is 10.2. The lowest BCUT2D eigenvalue weighted by molar-refractivity contribution is 0.273. The first-order valence-electron chi connectivity index (χ1n) is 7.51. The number of hydrogen-bond acceptors (Lipinski definition) is 2. The predicted molar refractivity (Wildman–Crippen MR) is 91.6 cm³/mol. The first-order valence-corrected chi connectivity index (χ1v) is 10.4. The zero-order chi connectivity index (χ0) is 15.7. The molecule has 21 heavy (non-hydrogen) atoms. The largest absolute Gasteiger partial charge is 0.497 e. The molecule has 1 heterocycles. The van der Waals surface area contributed by atoms with Crippen molar-refractivity contribution in [3.8, 4) is 5.75 Å². The Balaban J connectivity index is 2.05. The highest BCUT2D eigenvalue weighted by atomic mass is 28.4. The van der Waals surface area contributed by atoms with Gasteiger partial charge in [0.05, 0.1) is 13.7 Å². The Bertz CT molecular complexity index is 611. The number of fused-ring (bicyclic) bond motifs is 1. The van der Waals surface area contributed by atoms with Crippen LogP contribution in [0.4, 0.5) is 0 Å². The van der Waals surface area contributed by atoms with E-state index in [9.17, 15) is 0 Å². The van der Waals surface area contributed by atoms with Gasteiger partial charge in [-0.15, -0.1) is 0 Å². The monoisotopic (exact) mass is 305 g/mol. The normalized spacial score (nSPS) is 12.9. The van der Waals surface area contributed by atoms with E-state index in [0.717, 1.165) is 18.9 Å². The first kappa shape index (κ1) is 16.1. The van der Waals surface area contributed by atoms with E-state index in [1.54, 1.807) is 7.11 Å². The number of ether oxygens (including phenoxy) is 1. The number of benzene rings is 1. The van der Waals surface area contributed by atoms with Crippen molar-refractivity contribution in [2.24, 2.45) is 0 Å². The Hall–Kier alpha value is -1.26. The molecule has 0 aliphatic carbocycles. The molecule has 2 rings (SSSR count). The molecule has 3 nitrogen and oxygen atoms in total. The van der Waals surface area contributed by atoms with E-state index in [1.807, 2.05) is 6.07 Å². The van der Waals surface area contributed by atoms with Crippen molar-refractivity contribution in [3.05, 3.63) is 30.5 Å². The summed E-state index contributed by atoms with van der Waals surface area (Å²) in [5, 5.41) is 1.47. The molecule has 0 atom stereocenters. The van der Waals surface area contributed by atoms with Gasteiger partial charge in [0.1, 0.15) is 5.75 Å². The minimum absolute atomic E-state index is 0.263. The van der Waals surface area contributed by atoms with Crippen LogP contribution in [0.3, 0.4) is 0 Å². The average Bonchev–Trinajstić information content (AvgIpc) is 2.79. The lowest BCUT2D eigenvalue weighted by Crippen LogP contribution is -2.41. The van der Waals surface area contributed by atoms with Gasteiger partial charge >= 0.3 is 0 Å². The van der Waals surface area contributed by atoms with Crippen LogP contribution < -0.4 is 4.74 Å². The number of nitrogens with zero attached hydrogens (tertiary/aromatic N) is 1. The van der Waals surface area contributed by atoms with Crippen LogP contribution >= 0.6 is 0 Å². The van der Waals surface area contributed by atoms with Gasteiger partial charge in [-0.2, -0.15) is 0 Å². The molecule has 0 amide bonds. The summed E-state index contributed by atoms with van der Waals surface area (Å²) in [6.07, 6.45) is 2.12. The minimum atomic E-state index is -1.65. The van der Waals surface area contributed by atoms with Gasteiger partial charge in [-0.05, 0) is 42.4 Å². The molecule has 0 saturated carbocycles. The van der Waals surface area contributed by atoms with E-state index >= 15 is 0 Å².